The van der Waals surface area contributed by atoms with Crippen molar-refractivity contribution in [2.24, 2.45) is 0 Å². The van der Waals surface area contributed by atoms with Gasteiger partial charge in [-0.15, -0.1) is 23.1 Å². The van der Waals surface area contributed by atoms with Crippen LogP contribution in [0.4, 0.5) is 10.8 Å². The Balaban J connectivity index is 1.10. The zero-order chi connectivity index (χ0) is 35.0. The van der Waals surface area contributed by atoms with Crippen LogP contribution in [0, 0.1) is 0 Å². The molecule has 3 N–H and O–H groups in total. The number of anilines is 2. The number of carbonyl (C=O) groups excluding carboxylic acids is 3. The van der Waals surface area contributed by atoms with E-state index in [9.17, 15) is 14.4 Å². The Labute approximate surface area is 306 Å². The molecule has 4 aromatic carbocycles. The molecule has 0 bridgehead atoms. The van der Waals surface area contributed by atoms with Gasteiger partial charge >= 0.3 is 0 Å². The summed E-state index contributed by atoms with van der Waals surface area (Å²) >= 11 is 15.0. The van der Waals surface area contributed by atoms with Gasteiger partial charge in [0.1, 0.15) is 17.2 Å². The molecule has 2 heterocycles. The third-order valence-corrected chi connectivity index (χ3v) is 9.65. The maximum absolute atomic E-state index is 13.5. The molecule has 3 amide bonds. The zero-order valence-corrected chi connectivity index (χ0v) is 29.5. The molecule has 1 atom stereocenters. The Morgan fingerprint density at radius 3 is 2.30 bits per heavy atom. The minimum absolute atomic E-state index is 0.000220. The molecule has 6 rings (SSSR count). The van der Waals surface area contributed by atoms with E-state index in [0.717, 1.165) is 16.0 Å². The second-order valence-electron chi connectivity index (χ2n) is 10.8. The summed E-state index contributed by atoms with van der Waals surface area (Å²) < 4.78 is 5.97. The molecule has 12 heteroatoms. The van der Waals surface area contributed by atoms with Crippen molar-refractivity contribution in [2.45, 2.75) is 17.1 Å². The minimum Gasteiger partial charge on any atom is -0.457 e. The third kappa shape index (κ3) is 8.90. The van der Waals surface area contributed by atoms with Gasteiger partial charge < -0.3 is 20.4 Å². The first kappa shape index (κ1) is 34.7. The Hall–Kier alpha value is -5.13. The van der Waals surface area contributed by atoms with Crippen LogP contribution in [0.1, 0.15) is 23.0 Å². The van der Waals surface area contributed by atoms with Crippen molar-refractivity contribution >= 4 is 80.9 Å². The van der Waals surface area contributed by atoms with Crippen LogP contribution in [0.5, 0.6) is 0 Å². The SMILES string of the molecule is C[C@H](Sc1ccc(NC(=O)/C(=C\c2ccc(-c3ccccc3)o2)NC(=O)c2ccccc2)cc1)C(=O)Nc1nc(-c2ccc(Cl)cc2Cl)cs1. The summed E-state index contributed by atoms with van der Waals surface area (Å²) in [4.78, 5) is 44.8. The Kier molecular flexibility index (Phi) is 11.1. The van der Waals surface area contributed by atoms with E-state index in [1.54, 1.807) is 91.9 Å². The summed E-state index contributed by atoms with van der Waals surface area (Å²) in [6.07, 6.45) is 1.49. The Morgan fingerprint density at radius 2 is 1.58 bits per heavy atom. The van der Waals surface area contributed by atoms with Gasteiger partial charge in [-0.2, -0.15) is 0 Å². The quantitative estimate of drug-likeness (QED) is 0.0901. The number of thioether (sulfide) groups is 1. The lowest BCUT2D eigenvalue weighted by molar-refractivity contribution is -0.115. The maximum Gasteiger partial charge on any atom is 0.272 e. The summed E-state index contributed by atoms with van der Waals surface area (Å²) in [6.45, 7) is 1.80. The highest BCUT2D eigenvalue weighted by molar-refractivity contribution is 8.00. The molecule has 0 unspecified atom stereocenters. The van der Waals surface area contributed by atoms with Crippen molar-refractivity contribution < 1.29 is 18.8 Å². The summed E-state index contributed by atoms with van der Waals surface area (Å²) in [5.41, 5.74) is 3.15. The smallest absolute Gasteiger partial charge is 0.272 e. The minimum atomic E-state index is -0.539. The van der Waals surface area contributed by atoms with E-state index in [1.807, 2.05) is 35.7 Å². The monoisotopic (exact) mass is 738 g/mol. The van der Waals surface area contributed by atoms with Gasteiger partial charge in [0.25, 0.3) is 11.8 Å². The molecule has 6 aromatic rings. The lowest BCUT2D eigenvalue weighted by atomic mass is 10.2. The van der Waals surface area contributed by atoms with Crippen LogP contribution in [-0.2, 0) is 9.59 Å². The number of nitrogens with zero attached hydrogens (tertiary/aromatic N) is 1. The van der Waals surface area contributed by atoms with Gasteiger partial charge in [-0.25, -0.2) is 4.98 Å². The molecule has 250 valence electrons. The normalized spacial score (nSPS) is 11.9. The molecule has 0 aliphatic carbocycles. The predicted octanol–water partition coefficient (Wildman–Crippen LogP) is 9.91. The first-order valence-electron chi connectivity index (χ1n) is 15.2. The summed E-state index contributed by atoms with van der Waals surface area (Å²) in [5.74, 6) is -0.176. The number of hydrogen-bond donors (Lipinski definition) is 3. The van der Waals surface area contributed by atoms with Crippen molar-refractivity contribution in [3.63, 3.8) is 0 Å². The highest BCUT2D eigenvalue weighted by atomic mass is 35.5. The average Bonchev–Trinajstić information content (AvgIpc) is 3.79. The standard InChI is InChI=1S/C38H28Cl2N4O4S2/c1-23(35(45)44-38-43-33(22-49-38)30-18-12-26(39)20-31(30)40)50-29-16-13-27(14-17-29)41-37(47)32(42-36(46)25-10-6-3-7-11-25)21-28-15-19-34(48-28)24-8-4-2-5-9-24/h2-23H,1H3,(H,41,47)(H,42,46)(H,43,44,45)/b32-21+/t23-/m0/s1. The number of aromatic nitrogens is 1. The summed E-state index contributed by atoms with van der Waals surface area (Å²) in [5, 5.41) is 11.3. The fourth-order valence-corrected chi connectivity index (χ4v) is 6.79. The first-order chi connectivity index (χ1) is 24.2. The van der Waals surface area contributed by atoms with Crippen molar-refractivity contribution in [3.05, 3.63) is 148 Å². The van der Waals surface area contributed by atoms with E-state index in [-0.39, 0.29) is 11.6 Å². The number of nitrogens with one attached hydrogen (secondary N) is 3. The van der Waals surface area contributed by atoms with Gasteiger partial charge in [0.05, 0.1) is 16.0 Å². The molecular weight excluding hydrogens is 711 g/mol. The summed E-state index contributed by atoms with van der Waals surface area (Å²) in [7, 11) is 0. The predicted molar refractivity (Wildman–Crippen MR) is 203 cm³/mol. The fourth-order valence-electron chi connectivity index (χ4n) is 4.70. The number of halogens is 2. The van der Waals surface area contributed by atoms with Crippen LogP contribution < -0.4 is 16.0 Å². The molecule has 0 saturated carbocycles. The molecule has 0 radical (unpaired) electrons. The maximum atomic E-state index is 13.5. The van der Waals surface area contributed by atoms with E-state index >= 15 is 0 Å². The number of hydrogen-bond acceptors (Lipinski definition) is 7. The van der Waals surface area contributed by atoms with Gasteiger partial charge in [0, 0.05) is 43.8 Å². The van der Waals surface area contributed by atoms with Crippen molar-refractivity contribution in [3.8, 4) is 22.6 Å². The lowest BCUT2D eigenvalue weighted by Crippen LogP contribution is -2.30. The average molecular weight is 740 g/mol. The van der Waals surface area contributed by atoms with Crippen LogP contribution in [0.15, 0.2) is 136 Å². The number of furan rings is 1. The molecule has 0 saturated heterocycles. The van der Waals surface area contributed by atoms with E-state index in [2.05, 4.69) is 20.9 Å². The Morgan fingerprint density at radius 1 is 0.860 bits per heavy atom. The number of rotatable bonds is 11. The van der Waals surface area contributed by atoms with Crippen LogP contribution in [-0.4, -0.2) is 28.0 Å². The van der Waals surface area contributed by atoms with E-state index in [0.29, 0.717) is 43.6 Å². The van der Waals surface area contributed by atoms with Gasteiger partial charge in [-0.1, -0.05) is 71.7 Å². The van der Waals surface area contributed by atoms with Crippen LogP contribution >= 0.6 is 46.3 Å². The van der Waals surface area contributed by atoms with Gasteiger partial charge in [0.2, 0.25) is 5.91 Å². The molecule has 8 nitrogen and oxygen atoms in total. The molecule has 0 fully saturated rings. The third-order valence-electron chi connectivity index (χ3n) is 7.24. The molecule has 0 aliphatic heterocycles. The number of benzene rings is 4. The van der Waals surface area contributed by atoms with Crippen LogP contribution in [0.3, 0.4) is 0 Å². The second kappa shape index (κ2) is 16.1. The largest absolute Gasteiger partial charge is 0.457 e. The van der Waals surface area contributed by atoms with Gasteiger partial charge in [0.15, 0.2) is 5.13 Å². The van der Waals surface area contributed by atoms with Crippen molar-refractivity contribution in [1.82, 2.24) is 10.3 Å². The van der Waals surface area contributed by atoms with Crippen molar-refractivity contribution in [2.75, 3.05) is 10.6 Å². The first-order valence-corrected chi connectivity index (χ1v) is 17.8. The van der Waals surface area contributed by atoms with E-state index in [4.69, 9.17) is 27.6 Å². The highest BCUT2D eigenvalue weighted by Crippen LogP contribution is 2.33. The molecule has 0 aliphatic rings. The number of carbonyl (C=O) groups is 3. The summed E-state index contributed by atoms with van der Waals surface area (Å²) in [6, 6.07) is 34.0. The fraction of sp³-hybridized carbons (Fsp3) is 0.0526. The van der Waals surface area contributed by atoms with Gasteiger partial charge in [-0.05, 0) is 73.7 Å². The van der Waals surface area contributed by atoms with Crippen molar-refractivity contribution in [1.29, 1.82) is 0 Å². The van der Waals surface area contributed by atoms with E-state index < -0.39 is 17.1 Å². The molecule has 2 aromatic heterocycles. The lowest BCUT2D eigenvalue weighted by Gasteiger charge is -2.13. The Bertz CT molecular complexity index is 2170. The molecule has 50 heavy (non-hydrogen) atoms. The number of thiazole rings is 1. The van der Waals surface area contributed by atoms with Crippen LogP contribution in [0.25, 0.3) is 28.7 Å². The zero-order valence-electron chi connectivity index (χ0n) is 26.4. The van der Waals surface area contributed by atoms with E-state index in [1.165, 1.54) is 29.2 Å². The molecule has 0 spiro atoms. The second-order valence-corrected chi connectivity index (χ2v) is 14.0. The van der Waals surface area contributed by atoms with Gasteiger partial charge in [-0.3, -0.25) is 14.4 Å². The number of amides is 3. The van der Waals surface area contributed by atoms with Crippen LogP contribution in [0.2, 0.25) is 10.0 Å². The topological polar surface area (TPSA) is 113 Å². The molecular formula is C38H28Cl2N4O4S2. The highest BCUT2D eigenvalue weighted by Gasteiger charge is 2.19.